The predicted molar refractivity (Wildman–Crippen MR) is 101 cm³/mol. The summed E-state index contributed by atoms with van der Waals surface area (Å²) in [4.78, 5) is 19.2. The van der Waals surface area contributed by atoms with Crippen LogP contribution in [0.1, 0.15) is 46.1 Å². The SMILES string of the molecule is CC1CCN(Cc2ccc3nc(NC(=O)C(C)(C)C)sc3c2)CC1. The minimum absolute atomic E-state index is 0.00390. The van der Waals surface area contributed by atoms with Crippen LogP contribution in [-0.2, 0) is 11.3 Å². The van der Waals surface area contributed by atoms with E-state index in [9.17, 15) is 4.79 Å². The largest absolute Gasteiger partial charge is 0.301 e. The van der Waals surface area contributed by atoms with Crippen LogP contribution in [0.4, 0.5) is 5.13 Å². The van der Waals surface area contributed by atoms with E-state index >= 15 is 0 Å². The number of carbonyl (C=O) groups excluding carboxylic acids is 1. The van der Waals surface area contributed by atoms with Crippen LogP contribution in [0.15, 0.2) is 18.2 Å². The maximum Gasteiger partial charge on any atom is 0.231 e. The van der Waals surface area contributed by atoms with Gasteiger partial charge in [0.1, 0.15) is 0 Å². The van der Waals surface area contributed by atoms with E-state index in [1.54, 1.807) is 11.3 Å². The van der Waals surface area contributed by atoms with Crippen LogP contribution in [0.3, 0.4) is 0 Å². The van der Waals surface area contributed by atoms with Gasteiger partial charge >= 0.3 is 0 Å². The molecule has 1 N–H and O–H groups in total. The van der Waals surface area contributed by atoms with Gasteiger partial charge in [0.15, 0.2) is 5.13 Å². The zero-order valence-corrected chi connectivity index (χ0v) is 15.9. The van der Waals surface area contributed by atoms with Crippen LogP contribution in [0.5, 0.6) is 0 Å². The highest BCUT2D eigenvalue weighted by molar-refractivity contribution is 7.22. The molecule has 1 aliphatic heterocycles. The summed E-state index contributed by atoms with van der Waals surface area (Å²) in [5.74, 6) is 0.864. The third kappa shape index (κ3) is 4.14. The van der Waals surface area contributed by atoms with Gasteiger partial charge < -0.3 is 5.32 Å². The minimum Gasteiger partial charge on any atom is -0.301 e. The number of benzene rings is 1. The quantitative estimate of drug-likeness (QED) is 0.890. The van der Waals surface area contributed by atoms with E-state index in [0.29, 0.717) is 5.13 Å². The van der Waals surface area contributed by atoms with Gasteiger partial charge in [0.25, 0.3) is 0 Å². The molecule has 1 amide bonds. The number of fused-ring (bicyclic) bond motifs is 1. The lowest BCUT2D eigenvalue weighted by atomic mass is 9.96. The topological polar surface area (TPSA) is 45.2 Å². The lowest BCUT2D eigenvalue weighted by Gasteiger charge is -2.30. The zero-order valence-electron chi connectivity index (χ0n) is 15.1. The summed E-state index contributed by atoms with van der Waals surface area (Å²) in [5, 5.41) is 3.62. The Morgan fingerprint density at radius 1 is 1.33 bits per heavy atom. The Balaban J connectivity index is 1.71. The number of hydrogen-bond donors (Lipinski definition) is 1. The number of thiazole rings is 1. The van der Waals surface area contributed by atoms with E-state index < -0.39 is 5.41 Å². The van der Waals surface area contributed by atoms with Crippen LogP contribution in [-0.4, -0.2) is 28.9 Å². The van der Waals surface area contributed by atoms with Gasteiger partial charge in [-0.25, -0.2) is 4.98 Å². The van der Waals surface area contributed by atoms with Gasteiger partial charge in [0, 0.05) is 12.0 Å². The second kappa shape index (κ2) is 6.81. The molecule has 1 saturated heterocycles. The number of likely N-dealkylation sites (tertiary alicyclic amines) is 1. The fourth-order valence-corrected chi connectivity index (χ4v) is 3.81. The van der Waals surface area contributed by atoms with Gasteiger partial charge in [-0.05, 0) is 49.5 Å². The Labute approximate surface area is 148 Å². The molecule has 0 saturated carbocycles. The van der Waals surface area contributed by atoms with Gasteiger partial charge in [-0.3, -0.25) is 9.69 Å². The summed E-state index contributed by atoms with van der Waals surface area (Å²) in [5.41, 5.74) is 1.88. The van der Waals surface area contributed by atoms with Crippen molar-refractivity contribution in [2.75, 3.05) is 18.4 Å². The van der Waals surface area contributed by atoms with Gasteiger partial charge in [0.2, 0.25) is 5.91 Å². The van der Waals surface area contributed by atoms with Crippen LogP contribution in [0.25, 0.3) is 10.2 Å². The predicted octanol–water partition coefficient (Wildman–Crippen LogP) is 4.51. The molecule has 2 aromatic rings. The van der Waals surface area contributed by atoms with Crippen molar-refractivity contribution in [3.05, 3.63) is 23.8 Å². The van der Waals surface area contributed by atoms with Crippen molar-refractivity contribution in [2.24, 2.45) is 11.3 Å². The first-order chi connectivity index (χ1) is 11.3. The third-order valence-electron chi connectivity index (χ3n) is 4.64. The molecule has 0 spiro atoms. The second-order valence-corrected chi connectivity index (χ2v) is 9.01. The van der Waals surface area contributed by atoms with E-state index in [1.807, 2.05) is 20.8 Å². The molecular formula is C19H27N3OS. The molecule has 0 aliphatic carbocycles. The lowest BCUT2D eigenvalue weighted by Crippen LogP contribution is -2.32. The first-order valence-corrected chi connectivity index (χ1v) is 9.56. The number of piperidine rings is 1. The van der Waals surface area contributed by atoms with E-state index in [0.717, 1.165) is 22.7 Å². The second-order valence-electron chi connectivity index (χ2n) is 7.98. The molecule has 0 atom stereocenters. The molecule has 0 unspecified atom stereocenters. The highest BCUT2D eigenvalue weighted by Crippen LogP contribution is 2.29. The van der Waals surface area contributed by atoms with E-state index in [4.69, 9.17) is 0 Å². The summed E-state index contributed by atoms with van der Waals surface area (Å²) in [6, 6.07) is 6.45. The van der Waals surface area contributed by atoms with Crippen molar-refractivity contribution >= 4 is 32.6 Å². The standard InChI is InChI=1S/C19H27N3OS/c1-13-7-9-22(10-8-13)12-14-5-6-15-16(11-14)24-18(20-15)21-17(23)19(2,3)4/h5-6,11,13H,7-10,12H2,1-4H3,(H,20,21,23). The summed E-state index contributed by atoms with van der Waals surface area (Å²) in [6.45, 7) is 11.5. The smallest absolute Gasteiger partial charge is 0.231 e. The lowest BCUT2D eigenvalue weighted by molar-refractivity contribution is -0.123. The maximum absolute atomic E-state index is 12.1. The molecular weight excluding hydrogens is 318 g/mol. The molecule has 4 nitrogen and oxygen atoms in total. The van der Waals surface area contributed by atoms with Crippen molar-refractivity contribution in [3.8, 4) is 0 Å². The van der Waals surface area contributed by atoms with Crippen molar-refractivity contribution in [3.63, 3.8) is 0 Å². The Morgan fingerprint density at radius 3 is 2.71 bits per heavy atom. The van der Waals surface area contributed by atoms with Gasteiger partial charge in [-0.15, -0.1) is 0 Å². The van der Waals surface area contributed by atoms with Crippen molar-refractivity contribution in [1.82, 2.24) is 9.88 Å². The number of anilines is 1. The number of aromatic nitrogens is 1. The maximum atomic E-state index is 12.1. The zero-order chi connectivity index (χ0) is 17.3. The van der Waals surface area contributed by atoms with Crippen LogP contribution >= 0.6 is 11.3 Å². The highest BCUT2D eigenvalue weighted by Gasteiger charge is 2.22. The average molecular weight is 346 g/mol. The van der Waals surface area contributed by atoms with Gasteiger partial charge in [-0.2, -0.15) is 0 Å². The van der Waals surface area contributed by atoms with Crippen molar-refractivity contribution in [2.45, 2.75) is 47.1 Å². The summed E-state index contributed by atoms with van der Waals surface area (Å²) < 4.78 is 1.14. The Hall–Kier alpha value is -1.46. The van der Waals surface area contributed by atoms with Crippen LogP contribution in [0, 0.1) is 11.3 Å². The molecule has 5 heteroatoms. The number of rotatable bonds is 3. The molecule has 1 aromatic carbocycles. The number of carbonyl (C=O) groups is 1. The van der Waals surface area contributed by atoms with Crippen molar-refractivity contribution in [1.29, 1.82) is 0 Å². The average Bonchev–Trinajstić information content (AvgIpc) is 2.90. The monoisotopic (exact) mass is 345 g/mol. The molecule has 1 aliphatic rings. The summed E-state index contributed by atoms with van der Waals surface area (Å²) >= 11 is 1.56. The number of amides is 1. The number of hydrogen-bond acceptors (Lipinski definition) is 4. The number of nitrogens with one attached hydrogen (secondary N) is 1. The molecule has 0 bridgehead atoms. The normalized spacial score (nSPS) is 17.3. The first-order valence-electron chi connectivity index (χ1n) is 8.74. The van der Waals surface area contributed by atoms with Crippen LogP contribution in [0.2, 0.25) is 0 Å². The fourth-order valence-electron chi connectivity index (χ4n) is 2.88. The van der Waals surface area contributed by atoms with Crippen LogP contribution < -0.4 is 5.32 Å². The summed E-state index contributed by atoms with van der Waals surface area (Å²) in [6.07, 6.45) is 2.59. The van der Waals surface area contributed by atoms with E-state index in [2.05, 4.69) is 40.3 Å². The van der Waals surface area contributed by atoms with Gasteiger partial charge in [0.05, 0.1) is 10.2 Å². The molecule has 0 radical (unpaired) electrons. The molecule has 3 rings (SSSR count). The number of nitrogens with zero attached hydrogens (tertiary/aromatic N) is 2. The Morgan fingerprint density at radius 2 is 2.04 bits per heavy atom. The highest BCUT2D eigenvalue weighted by atomic mass is 32.1. The molecule has 2 heterocycles. The third-order valence-corrected chi connectivity index (χ3v) is 5.57. The molecule has 24 heavy (non-hydrogen) atoms. The minimum atomic E-state index is -0.408. The van der Waals surface area contributed by atoms with Crippen molar-refractivity contribution < 1.29 is 4.79 Å². The van der Waals surface area contributed by atoms with E-state index in [-0.39, 0.29) is 5.91 Å². The summed E-state index contributed by atoms with van der Waals surface area (Å²) in [7, 11) is 0. The van der Waals surface area contributed by atoms with E-state index in [1.165, 1.54) is 31.5 Å². The Bertz CT molecular complexity index is 724. The van der Waals surface area contributed by atoms with Gasteiger partial charge in [-0.1, -0.05) is 45.1 Å². The fraction of sp³-hybridized carbons (Fsp3) is 0.579. The molecule has 1 fully saturated rings. The molecule has 1 aromatic heterocycles. The first kappa shape index (κ1) is 17.4. The molecule has 130 valence electrons. The Kier molecular flexibility index (Phi) is 4.92.